The van der Waals surface area contributed by atoms with Gasteiger partial charge in [0, 0.05) is 5.69 Å². The summed E-state index contributed by atoms with van der Waals surface area (Å²) >= 11 is 4.69. The highest BCUT2D eigenvalue weighted by molar-refractivity contribution is 7.80. The van der Waals surface area contributed by atoms with Gasteiger partial charge in [-0.3, -0.25) is 0 Å². The smallest absolute Gasteiger partial charge is 0.168 e. The minimum absolute atomic E-state index is 0.0925. The van der Waals surface area contributed by atoms with E-state index in [2.05, 4.69) is 27.6 Å². The third kappa shape index (κ3) is 2.45. The molecule has 0 aliphatic carbocycles. The molecule has 2 aromatic rings. The molecule has 0 amide bonds. The predicted octanol–water partition coefficient (Wildman–Crippen LogP) is 1.68. The topological polar surface area (TPSA) is 68.8 Å². The number of hydrogen-bond acceptors (Lipinski definition) is 3. The first-order valence-corrected chi connectivity index (χ1v) is 5.65. The van der Waals surface area contributed by atoms with Crippen molar-refractivity contribution >= 4 is 23.0 Å². The summed E-state index contributed by atoms with van der Waals surface area (Å²) in [6.45, 7) is 3.52. The molecule has 94 valence electrons. The summed E-state index contributed by atoms with van der Waals surface area (Å²) < 4.78 is 15.4. The Morgan fingerprint density at radius 2 is 2.17 bits per heavy atom. The number of aromatic nitrogens is 3. The summed E-state index contributed by atoms with van der Waals surface area (Å²) in [4.78, 5) is 4.13. The van der Waals surface area contributed by atoms with E-state index in [9.17, 15) is 4.39 Å². The van der Waals surface area contributed by atoms with Gasteiger partial charge in [0.2, 0.25) is 0 Å². The second kappa shape index (κ2) is 4.69. The average Bonchev–Trinajstić information content (AvgIpc) is 2.57. The van der Waals surface area contributed by atoms with Crippen LogP contribution < -0.4 is 11.1 Å². The summed E-state index contributed by atoms with van der Waals surface area (Å²) in [7, 11) is 0. The van der Waals surface area contributed by atoms with Crippen molar-refractivity contribution in [2.75, 3.05) is 5.32 Å². The van der Waals surface area contributed by atoms with Crippen LogP contribution >= 0.6 is 12.2 Å². The van der Waals surface area contributed by atoms with Crippen molar-refractivity contribution in [1.29, 1.82) is 0 Å². The van der Waals surface area contributed by atoms with Gasteiger partial charge in [0.25, 0.3) is 0 Å². The number of anilines is 1. The van der Waals surface area contributed by atoms with Crippen molar-refractivity contribution in [2.45, 2.75) is 13.8 Å². The quantitative estimate of drug-likeness (QED) is 0.809. The van der Waals surface area contributed by atoms with Gasteiger partial charge in [-0.1, -0.05) is 0 Å². The van der Waals surface area contributed by atoms with Gasteiger partial charge in [-0.25, -0.2) is 14.1 Å². The van der Waals surface area contributed by atoms with E-state index in [0.29, 0.717) is 23.0 Å². The highest BCUT2D eigenvalue weighted by atomic mass is 32.1. The number of nitrogens with one attached hydrogen (secondary N) is 1. The summed E-state index contributed by atoms with van der Waals surface area (Å²) in [5, 5.41) is 6.89. The monoisotopic (exact) mass is 265 g/mol. The molecule has 2 rings (SSSR count). The summed E-state index contributed by atoms with van der Waals surface area (Å²) in [5.74, 6) is 0.794. The van der Waals surface area contributed by atoms with Crippen molar-refractivity contribution in [1.82, 2.24) is 14.8 Å². The Labute approximate surface area is 109 Å². The maximum Gasteiger partial charge on any atom is 0.168 e. The van der Waals surface area contributed by atoms with Crippen molar-refractivity contribution < 1.29 is 4.39 Å². The van der Waals surface area contributed by atoms with Crippen LogP contribution in [-0.4, -0.2) is 19.9 Å². The molecule has 7 heteroatoms. The first kappa shape index (κ1) is 12.4. The number of hydrogen-bond donors (Lipinski definition) is 2. The number of halogens is 1. The molecule has 0 radical (unpaired) electrons. The molecule has 0 bridgehead atoms. The van der Waals surface area contributed by atoms with Crippen molar-refractivity contribution in [3.63, 3.8) is 0 Å². The van der Waals surface area contributed by atoms with Gasteiger partial charge in [0.1, 0.15) is 17.3 Å². The van der Waals surface area contributed by atoms with Crippen LogP contribution in [0.2, 0.25) is 0 Å². The molecule has 18 heavy (non-hydrogen) atoms. The van der Waals surface area contributed by atoms with Crippen LogP contribution in [0.3, 0.4) is 0 Å². The fourth-order valence-electron chi connectivity index (χ4n) is 1.65. The number of nitrogens with zero attached hydrogens (tertiary/aromatic N) is 3. The Balaban J connectivity index is 2.41. The zero-order chi connectivity index (χ0) is 13.3. The molecule has 0 atom stereocenters. The summed E-state index contributed by atoms with van der Waals surface area (Å²) in [6.07, 6.45) is 0. The van der Waals surface area contributed by atoms with Crippen LogP contribution in [0, 0.1) is 19.7 Å². The van der Waals surface area contributed by atoms with Gasteiger partial charge in [-0.2, -0.15) is 5.10 Å². The van der Waals surface area contributed by atoms with E-state index in [4.69, 9.17) is 5.73 Å². The maximum atomic E-state index is 14.0. The minimum Gasteiger partial charge on any atom is -0.376 e. The van der Waals surface area contributed by atoms with Crippen molar-refractivity contribution in [2.24, 2.45) is 5.73 Å². The second-order valence-corrected chi connectivity index (χ2v) is 4.21. The minimum atomic E-state index is -0.427. The van der Waals surface area contributed by atoms with E-state index >= 15 is 0 Å². The largest absolute Gasteiger partial charge is 0.376 e. The average molecular weight is 265 g/mol. The third-order valence-corrected chi connectivity index (χ3v) is 2.42. The lowest BCUT2D eigenvalue weighted by molar-refractivity contribution is 0.608. The summed E-state index contributed by atoms with van der Waals surface area (Å²) in [6, 6.07) is 4.58. The fraction of sp³-hybridized carbons (Fsp3) is 0.182. The van der Waals surface area contributed by atoms with Gasteiger partial charge < -0.3 is 11.1 Å². The molecule has 0 spiro atoms. The molecule has 0 unspecified atom stereocenters. The Bertz CT molecular complexity index is 607. The zero-order valence-corrected chi connectivity index (χ0v) is 10.8. The third-order valence-electron chi connectivity index (χ3n) is 2.32. The van der Waals surface area contributed by atoms with Crippen LogP contribution in [0.1, 0.15) is 11.6 Å². The van der Waals surface area contributed by atoms with Gasteiger partial charge in [0.05, 0.1) is 0 Å². The number of nitrogens with two attached hydrogens (primary N) is 1. The number of rotatable bonds is 2. The van der Waals surface area contributed by atoms with Crippen LogP contribution in [0.15, 0.2) is 18.2 Å². The van der Waals surface area contributed by atoms with E-state index in [1.54, 1.807) is 26.0 Å². The molecule has 0 aliphatic heterocycles. The van der Waals surface area contributed by atoms with E-state index in [1.165, 1.54) is 10.7 Å². The zero-order valence-electron chi connectivity index (χ0n) is 9.94. The lowest BCUT2D eigenvalue weighted by atomic mass is 10.2. The van der Waals surface area contributed by atoms with Crippen LogP contribution in [0.25, 0.3) is 5.69 Å². The first-order valence-electron chi connectivity index (χ1n) is 5.24. The number of aryl methyl sites for hydroxylation is 2. The molecule has 0 fully saturated rings. The molecule has 1 aromatic carbocycles. The van der Waals surface area contributed by atoms with Crippen LogP contribution in [0.5, 0.6) is 0 Å². The molecular formula is C11H12FN5S. The molecule has 1 aromatic heterocycles. The van der Waals surface area contributed by atoms with Gasteiger partial charge in [-0.15, -0.1) is 0 Å². The lowest BCUT2D eigenvalue weighted by Gasteiger charge is -2.08. The molecule has 5 nitrogen and oxygen atoms in total. The van der Waals surface area contributed by atoms with E-state index in [0.717, 1.165) is 0 Å². The van der Waals surface area contributed by atoms with Crippen molar-refractivity contribution in [3.8, 4) is 5.69 Å². The highest BCUT2D eigenvalue weighted by Gasteiger charge is 2.10. The Kier molecular flexibility index (Phi) is 3.24. The van der Waals surface area contributed by atoms with E-state index in [-0.39, 0.29) is 5.11 Å². The number of benzene rings is 1. The van der Waals surface area contributed by atoms with Crippen molar-refractivity contribution in [3.05, 3.63) is 35.7 Å². The van der Waals surface area contributed by atoms with Gasteiger partial charge >= 0.3 is 0 Å². The molecule has 0 saturated heterocycles. The Morgan fingerprint density at radius 1 is 1.44 bits per heavy atom. The fourth-order valence-corrected chi connectivity index (χ4v) is 1.77. The SMILES string of the molecule is Cc1nc(C)n(-c2ccc(NC(N)=S)cc2F)n1. The second-order valence-electron chi connectivity index (χ2n) is 3.77. The van der Waals surface area contributed by atoms with Gasteiger partial charge in [-0.05, 0) is 44.3 Å². The highest BCUT2D eigenvalue weighted by Crippen LogP contribution is 2.18. The summed E-state index contributed by atoms with van der Waals surface area (Å²) in [5.41, 5.74) is 6.15. The Morgan fingerprint density at radius 3 is 2.67 bits per heavy atom. The van der Waals surface area contributed by atoms with E-state index in [1.807, 2.05) is 0 Å². The molecular weight excluding hydrogens is 253 g/mol. The van der Waals surface area contributed by atoms with Crippen LogP contribution in [-0.2, 0) is 0 Å². The lowest BCUT2D eigenvalue weighted by Crippen LogP contribution is -2.19. The molecule has 3 N–H and O–H groups in total. The molecule has 0 saturated carbocycles. The molecule has 0 aliphatic rings. The van der Waals surface area contributed by atoms with Gasteiger partial charge in [0.15, 0.2) is 10.9 Å². The number of thiocarbonyl (C=S) groups is 1. The van der Waals surface area contributed by atoms with Crippen LogP contribution in [0.4, 0.5) is 10.1 Å². The molecule has 1 heterocycles. The first-order chi connectivity index (χ1) is 8.47. The Hall–Kier alpha value is -2.02. The van der Waals surface area contributed by atoms with E-state index < -0.39 is 5.82 Å². The maximum absolute atomic E-state index is 14.0. The standard InChI is InChI=1S/C11H12FN5S/c1-6-14-7(2)17(16-6)10-4-3-8(5-9(10)12)15-11(13)18/h3-5H,1-2H3,(H3,13,15,18). The predicted molar refractivity (Wildman–Crippen MR) is 71.2 cm³/mol. The normalized spacial score (nSPS) is 10.4.